The van der Waals surface area contributed by atoms with Gasteiger partial charge < -0.3 is 20.0 Å². The van der Waals surface area contributed by atoms with Crippen molar-refractivity contribution in [3.05, 3.63) is 59.8 Å². The lowest BCUT2D eigenvalue weighted by atomic mass is 10.1. The molecule has 7 heteroatoms. The molecule has 0 unspecified atom stereocenters. The van der Waals surface area contributed by atoms with Gasteiger partial charge in [-0.3, -0.25) is 4.79 Å². The third kappa shape index (κ3) is 5.54. The molecule has 0 atom stereocenters. The molecule has 1 aromatic carbocycles. The number of carbonyl (C=O) groups excluding carboxylic acids is 1. The zero-order valence-corrected chi connectivity index (χ0v) is 18.3. The van der Waals surface area contributed by atoms with E-state index in [4.69, 9.17) is 4.99 Å². The molecule has 1 amide bonds. The van der Waals surface area contributed by atoms with Crippen LogP contribution in [0.2, 0.25) is 0 Å². The number of guanidine groups is 1. The van der Waals surface area contributed by atoms with E-state index in [2.05, 4.69) is 57.4 Å². The summed E-state index contributed by atoms with van der Waals surface area (Å²) in [7, 11) is 0. The van der Waals surface area contributed by atoms with Gasteiger partial charge in [-0.25, -0.2) is 9.98 Å². The molecular weight excluding hydrogens is 388 g/mol. The highest BCUT2D eigenvalue weighted by Gasteiger charge is 2.21. The molecule has 1 aromatic heterocycles. The first-order valence-electron chi connectivity index (χ1n) is 11.3. The number of amides is 1. The van der Waals surface area contributed by atoms with Crippen LogP contribution in [0.5, 0.6) is 0 Å². The molecule has 4 rings (SSSR count). The van der Waals surface area contributed by atoms with Crippen LogP contribution in [-0.4, -0.2) is 65.9 Å². The minimum absolute atomic E-state index is 0.270. The number of carbonyl (C=O) groups is 1. The average Bonchev–Trinajstić information content (AvgIpc) is 3.22. The number of aromatic nitrogens is 1. The molecule has 3 heterocycles. The van der Waals surface area contributed by atoms with Gasteiger partial charge >= 0.3 is 0 Å². The van der Waals surface area contributed by atoms with E-state index in [0.717, 1.165) is 57.5 Å². The molecule has 2 fully saturated rings. The predicted molar refractivity (Wildman–Crippen MR) is 124 cm³/mol. The Morgan fingerprint density at radius 1 is 1.03 bits per heavy atom. The standard InChI is InChI=1S/C24H32N6O/c1-2-25-24(29-16-14-28(15-17-29)22-6-3-4-12-26-22)27-18-20-8-10-21(11-9-20)19-30-13-5-7-23(30)31/h3-4,6,8-12H,2,5,7,13-19H2,1H3,(H,25,27). The first kappa shape index (κ1) is 21.2. The maximum Gasteiger partial charge on any atom is 0.222 e. The Hall–Kier alpha value is -3.09. The molecular formula is C24H32N6O. The number of benzene rings is 1. The molecule has 0 bridgehead atoms. The second-order valence-corrected chi connectivity index (χ2v) is 8.07. The Morgan fingerprint density at radius 3 is 2.45 bits per heavy atom. The fourth-order valence-electron chi connectivity index (χ4n) is 4.12. The maximum atomic E-state index is 11.8. The topological polar surface area (TPSA) is 64.1 Å². The minimum Gasteiger partial charge on any atom is -0.357 e. The van der Waals surface area contributed by atoms with E-state index in [1.54, 1.807) is 0 Å². The van der Waals surface area contributed by atoms with Crippen molar-refractivity contribution in [2.75, 3.05) is 44.2 Å². The van der Waals surface area contributed by atoms with E-state index in [1.165, 1.54) is 11.1 Å². The summed E-state index contributed by atoms with van der Waals surface area (Å²) in [6.45, 7) is 8.91. The Bertz CT molecular complexity index is 875. The van der Waals surface area contributed by atoms with E-state index in [1.807, 2.05) is 23.2 Å². The number of piperazine rings is 1. The SMILES string of the molecule is CCNC(=NCc1ccc(CN2CCCC2=O)cc1)N1CCN(c2ccccn2)CC1. The molecule has 31 heavy (non-hydrogen) atoms. The third-order valence-electron chi connectivity index (χ3n) is 5.87. The second-order valence-electron chi connectivity index (χ2n) is 8.07. The van der Waals surface area contributed by atoms with E-state index in [0.29, 0.717) is 19.5 Å². The molecule has 2 aliphatic heterocycles. The number of anilines is 1. The number of nitrogens with zero attached hydrogens (tertiary/aromatic N) is 5. The highest BCUT2D eigenvalue weighted by atomic mass is 16.2. The van der Waals surface area contributed by atoms with Crippen molar-refractivity contribution in [2.24, 2.45) is 4.99 Å². The van der Waals surface area contributed by atoms with Gasteiger partial charge in [-0.15, -0.1) is 0 Å². The molecule has 0 aliphatic carbocycles. The van der Waals surface area contributed by atoms with Crippen molar-refractivity contribution < 1.29 is 4.79 Å². The van der Waals surface area contributed by atoms with Gasteiger partial charge in [-0.05, 0) is 36.6 Å². The fraction of sp³-hybridized carbons (Fsp3) is 0.458. The van der Waals surface area contributed by atoms with Crippen LogP contribution in [0.3, 0.4) is 0 Å². The number of hydrogen-bond donors (Lipinski definition) is 1. The molecule has 0 radical (unpaired) electrons. The van der Waals surface area contributed by atoms with Gasteiger partial charge in [0.25, 0.3) is 0 Å². The molecule has 2 aromatic rings. The molecule has 7 nitrogen and oxygen atoms in total. The third-order valence-corrected chi connectivity index (χ3v) is 5.87. The second kappa shape index (κ2) is 10.3. The van der Waals surface area contributed by atoms with Crippen LogP contribution in [0.15, 0.2) is 53.7 Å². The molecule has 1 N–H and O–H groups in total. The summed E-state index contributed by atoms with van der Waals surface area (Å²) in [4.78, 5) is 27.8. The highest BCUT2D eigenvalue weighted by molar-refractivity contribution is 5.80. The molecule has 0 spiro atoms. The Morgan fingerprint density at radius 2 is 1.81 bits per heavy atom. The van der Waals surface area contributed by atoms with Crippen LogP contribution in [0.1, 0.15) is 30.9 Å². The van der Waals surface area contributed by atoms with Crippen LogP contribution in [0.4, 0.5) is 5.82 Å². The Labute approximate surface area is 184 Å². The monoisotopic (exact) mass is 420 g/mol. The first-order chi connectivity index (χ1) is 15.2. The molecule has 0 saturated carbocycles. The van der Waals surface area contributed by atoms with Crippen LogP contribution >= 0.6 is 0 Å². The van der Waals surface area contributed by atoms with E-state index >= 15 is 0 Å². The summed E-state index contributed by atoms with van der Waals surface area (Å²) in [6, 6.07) is 14.6. The van der Waals surface area contributed by atoms with Crippen LogP contribution in [-0.2, 0) is 17.9 Å². The van der Waals surface area contributed by atoms with E-state index in [-0.39, 0.29) is 5.91 Å². The van der Waals surface area contributed by atoms with E-state index in [9.17, 15) is 4.79 Å². The van der Waals surface area contributed by atoms with E-state index < -0.39 is 0 Å². The van der Waals surface area contributed by atoms with Crippen molar-refractivity contribution in [2.45, 2.75) is 32.9 Å². The number of nitrogens with one attached hydrogen (secondary N) is 1. The van der Waals surface area contributed by atoms with Gasteiger partial charge in [0, 0.05) is 58.4 Å². The number of hydrogen-bond acceptors (Lipinski definition) is 4. The zero-order valence-electron chi connectivity index (χ0n) is 18.3. The summed E-state index contributed by atoms with van der Waals surface area (Å²) >= 11 is 0. The van der Waals surface area contributed by atoms with Crippen LogP contribution in [0.25, 0.3) is 0 Å². The maximum absolute atomic E-state index is 11.8. The highest BCUT2D eigenvalue weighted by Crippen LogP contribution is 2.16. The normalized spacial score (nSPS) is 17.4. The van der Waals surface area contributed by atoms with Crippen molar-refractivity contribution in [1.29, 1.82) is 0 Å². The lowest BCUT2D eigenvalue weighted by Gasteiger charge is -2.37. The number of pyridine rings is 1. The van der Waals surface area contributed by atoms with Crippen LogP contribution in [0, 0.1) is 0 Å². The van der Waals surface area contributed by atoms with Gasteiger partial charge in [0.1, 0.15) is 5.82 Å². The fourth-order valence-corrected chi connectivity index (χ4v) is 4.12. The predicted octanol–water partition coefficient (Wildman–Crippen LogP) is 2.49. The summed E-state index contributed by atoms with van der Waals surface area (Å²) < 4.78 is 0. The van der Waals surface area contributed by atoms with Gasteiger partial charge in [0.05, 0.1) is 6.54 Å². The van der Waals surface area contributed by atoms with Gasteiger partial charge in [0.2, 0.25) is 5.91 Å². The summed E-state index contributed by atoms with van der Waals surface area (Å²) in [6.07, 6.45) is 3.52. The van der Waals surface area contributed by atoms with Gasteiger partial charge in [-0.1, -0.05) is 30.3 Å². The zero-order chi connectivity index (χ0) is 21.5. The number of rotatable bonds is 6. The number of aliphatic imine (C=N–C) groups is 1. The number of likely N-dealkylation sites (tertiary alicyclic amines) is 1. The molecule has 164 valence electrons. The lowest BCUT2D eigenvalue weighted by molar-refractivity contribution is -0.128. The largest absolute Gasteiger partial charge is 0.357 e. The van der Waals surface area contributed by atoms with Gasteiger partial charge in [-0.2, -0.15) is 0 Å². The smallest absolute Gasteiger partial charge is 0.222 e. The van der Waals surface area contributed by atoms with Crippen molar-refractivity contribution in [3.8, 4) is 0 Å². The van der Waals surface area contributed by atoms with Crippen molar-refractivity contribution in [3.63, 3.8) is 0 Å². The van der Waals surface area contributed by atoms with Crippen molar-refractivity contribution in [1.82, 2.24) is 20.1 Å². The summed E-state index contributed by atoms with van der Waals surface area (Å²) in [5.74, 6) is 2.28. The average molecular weight is 421 g/mol. The molecule has 2 saturated heterocycles. The Balaban J connectivity index is 1.33. The van der Waals surface area contributed by atoms with Gasteiger partial charge in [0.15, 0.2) is 5.96 Å². The summed E-state index contributed by atoms with van der Waals surface area (Å²) in [5, 5.41) is 3.44. The lowest BCUT2D eigenvalue weighted by Crippen LogP contribution is -2.52. The summed E-state index contributed by atoms with van der Waals surface area (Å²) in [5.41, 5.74) is 2.36. The van der Waals surface area contributed by atoms with Crippen LogP contribution < -0.4 is 10.2 Å². The Kier molecular flexibility index (Phi) is 7.02. The first-order valence-corrected chi connectivity index (χ1v) is 11.3. The molecule has 2 aliphatic rings. The quantitative estimate of drug-likeness (QED) is 0.575. The van der Waals surface area contributed by atoms with Crippen molar-refractivity contribution >= 4 is 17.7 Å². The minimum atomic E-state index is 0.270.